The number of hydrogen-bond acceptors (Lipinski definition) is 4. The smallest absolute Gasteiger partial charge is 0.357 e. The van der Waals surface area contributed by atoms with Crippen LogP contribution in [0.2, 0.25) is 0 Å². The number of hydrogen-bond donors (Lipinski definition) is 1. The van der Waals surface area contributed by atoms with Gasteiger partial charge < -0.3 is 10.1 Å². The van der Waals surface area contributed by atoms with Crippen LogP contribution in [0, 0.1) is 3.57 Å². The Bertz CT molecular complexity index is 701. The molecule has 1 heterocycles. The highest BCUT2D eigenvalue weighted by atomic mass is 127. The quantitative estimate of drug-likeness (QED) is 0.619. The van der Waals surface area contributed by atoms with Crippen LogP contribution in [-0.4, -0.2) is 23.0 Å². The van der Waals surface area contributed by atoms with Gasteiger partial charge in [0.15, 0.2) is 0 Å². The van der Waals surface area contributed by atoms with Gasteiger partial charge >= 0.3 is 5.97 Å². The van der Waals surface area contributed by atoms with Crippen LogP contribution in [0.4, 0.5) is 5.69 Å². The monoisotopic (exact) mass is 410 g/mol. The largest absolute Gasteiger partial charge is 0.458 e. The van der Waals surface area contributed by atoms with Crippen molar-refractivity contribution in [2.45, 2.75) is 20.0 Å². The number of aromatic nitrogens is 1. The van der Waals surface area contributed by atoms with Crippen molar-refractivity contribution in [3.63, 3.8) is 0 Å². The highest BCUT2D eigenvalue weighted by Crippen LogP contribution is 2.17. The van der Waals surface area contributed by atoms with Gasteiger partial charge in [0.25, 0.3) is 5.91 Å². The van der Waals surface area contributed by atoms with Gasteiger partial charge in [0.05, 0.1) is 11.8 Å². The van der Waals surface area contributed by atoms with E-state index in [2.05, 4.69) is 32.9 Å². The van der Waals surface area contributed by atoms with Gasteiger partial charge in [0.1, 0.15) is 11.4 Å². The zero-order valence-electron chi connectivity index (χ0n) is 12.2. The molecule has 0 radical (unpaired) electrons. The summed E-state index contributed by atoms with van der Waals surface area (Å²) < 4.78 is 5.99. The molecule has 0 saturated heterocycles. The van der Waals surface area contributed by atoms with E-state index in [9.17, 15) is 9.59 Å². The average molecular weight is 410 g/mol. The third kappa shape index (κ3) is 4.27. The molecule has 1 N–H and O–H groups in total. The molecule has 0 aliphatic rings. The summed E-state index contributed by atoms with van der Waals surface area (Å²) in [5.41, 5.74) is 0.979. The van der Waals surface area contributed by atoms with Crippen molar-refractivity contribution in [1.82, 2.24) is 4.98 Å². The molecule has 0 atom stereocenters. The van der Waals surface area contributed by atoms with E-state index in [0.717, 1.165) is 3.57 Å². The lowest BCUT2D eigenvalue weighted by Gasteiger charge is -2.09. The number of carbonyl (C=O) groups excluding carboxylic acids is 2. The number of nitrogens with zero attached hydrogens (tertiary/aromatic N) is 1. The molecular formula is C16H15IN2O3. The zero-order chi connectivity index (χ0) is 16.1. The van der Waals surface area contributed by atoms with Gasteiger partial charge in [-0.2, -0.15) is 0 Å². The number of ether oxygens (including phenoxy) is 1. The molecule has 22 heavy (non-hydrogen) atoms. The van der Waals surface area contributed by atoms with Crippen molar-refractivity contribution >= 4 is 40.2 Å². The summed E-state index contributed by atoms with van der Waals surface area (Å²) in [5, 5.41) is 2.77. The SMILES string of the molecule is CC(C)OC(=O)c1cccc(C(=O)Nc2ccccc2I)n1. The van der Waals surface area contributed by atoms with Crippen molar-refractivity contribution in [2.75, 3.05) is 5.32 Å². The first-order chi connectivity index (χ1) is 10.5. The Labute approximate surface area is 142 Å². The molecule has 1 aromatic heterocycles. The second-order valence-corrected chi connectivity index (χ2v) is 5.96. The van der Waals surface area contributed by atoms with E-state index in [1.54, 1.807) is 32.0 Å². The first-order valence-electron chi connectivity index (χ1n) is 6.71. The highest BCUT2D eigenvalue weighted by molar-refractivity contribution is 14.1. The Morgan fingerprint density at radius 2 is 1.77 bits per heavy atom. The van der Waals surface area contributed by atoms with Gasteiger partial charge in [-0.3, -0.25) is 4.79 Å². The van der Waals surface area contributed by atoms with E-state index < -0.39 is 5.97 Å². The van der Waals surface area contributed by atoms with Gasteiger partial charge in [0.2, 0.25) is 0 Å². The van der Waals surface area contributed by atoms with E-state index in [4.69, 9.17) is 4.74 Å². The summed E-state index contributed by atoms with van der Waals surface area (Å²) in [5.74, 6) is -0.915. The standard InChI is InChI=1S/C16H15IN2O3/c1-10(2)22-16(21)14-9-5-8-13(18-14)15(20)19-12-7-4-3-6-11(12)17/h3-10H,1-2H3,(H,19,20). The number of carbonyl (C=O) groups is 2. The molecule has 0 aliphatic heterocycles. The van der Waals surface area contributed by atoms with E-state index >= 15 is 0 Å². The van der Waals surface area contributed by atoms with Gasteiger partial charge in [-0.1, -0.05) is 18.2 Å². The molecule has 2 aromatic rings. The first-order valence-corrected chi connectivity index (χ1v) is 7.79. The summed E-state index contributed by atoms with van der Waals surface area (Å²) in [4.78, 5) is 28.1. The Balaban J connectivity index is 2.17. The number of pyridine rings is 1. The number of para-hydroxylation sites is 1. The lowest BCUT2D eigenvalue weighted by molar-refractivity contribution is 0.0371. The number of amides is 1. The first kappa shape index (κ1) is 16.4. The van der Waals surface area contributed by atoms with Crippen molar-refractivity contribution in [3.05, 3.63) is 57.4 Å². The zero-order valence-corrected chi connectivity index (χ0v) is 14.3. The molecule has 1 aromatic carbocycles. The van der Waals surface area contributed by atoms with Crippen LogP contribution in [0.1, 0.15) is 34.8 Å². The van der Waals surface area contributed by atoms with Gasteiger partial charge in [0, 0.05) is 3.57 Å². The van der Waals surface area contributed by atoms with E-state index in [1.165, 1.54) is 6.07 Å². The predicted molar refractivity (Wildman–Crippen MR) is 91.9 cm³/mol. The Morgan fingerprint density at radius 1 is 1.09 bits per heavy atom. The molecule has 0 bridgehead atoms. The van der Waals surface area contributed by atoms with Crippen LogP contribution in [-0.2, 0) is 4.74 Å². The van der Waals surface area contributed by atoms with Crippen molar-refractivity contribution < 1.29 is 14.3 Å². The van der Waals surface area contributed by atoms with Crippen LogP contribution in [0.3, 0.4) is 0 Å². The summed E-state index contributed by atoms with van der Waals surface area (Å²) >= 11 is 2.13. The minimum atomic E-state index is -0.543. The van der Waals surface area contributed by atoms with Crippen LogP contribution in [0.5, 0.6) is 0 Å². The van der Waals surface area contributed by atoms with Crippen molar-refractivity contribution in [2.24, 2.45) is 0 Å². The fourth-order valence-corrected chi connectivity index (χ4v) is 2.22. The fraction of sp³-hybridized carbons (Fsp3) is 0.188. The van der Waals surface area contributed by atoms with Crippen molar-refractivity contribution in [1.29, 1.82) is 0 Å². The molecule has 0 aliphatic carbocycles. The third-order valence-corrected chi connectivity index (χ3v) is 3.60. The Hall–Kier alpha value is -1.96. The number of benzene rings is 1. The normalized spacial score (nSPS) is 10.4. The maximum absolute atomic E-state index is 12.2. The predicted octanol–water partition coefficient (Wildman–Crippen LogP) is 3.50. The second kappa shape index (κ2) is 7.35. The minimum absolute atomic E-state index is 0.115. The van der Waals surface area contributed by atoms with Crippen LogP contribution in [0.25, 0.3) is 0 Å². The summed E-state index contributed by atoms with van der Waals surface area (Å²) in [6, 6.07) is 12.1. The number of anilines is 1. The Kier molecular flexibility index (Phi) is 5.48. The van der Waals surface area contributed by atoms with Crippen molar-refractivity contribution in [3.8, 4) is 0 Å². The molecule has 0 unspecified atom stereocenters. The lowest BCUT2D eigenvalue weighted by atomic mass is 10.2. The molecular weight excluding hydrogens is 395 g/mol. The van der Waals surface area contributed by atoms with E-state index in [1.807, 2.05) is 18.2 Å². The highest BCUT2D eigenvalue weighted by Gasteiger charge is 2.15. The number of rotatable bonds is 4. The topological polar surface area (TPSA) is 68.3 Å². The number of nitrogens with one attached hydrogen (secondary N) is 1. The van der Waals surface area contributed by atoms with Gasteiger partial charge in [-0.05, 0) is 60.7 Å². The molecule has 0 saturated carbocycles. The Morgan fingerprint density at radius 3 is 2.45 bits per heavy atom. The molecule has 6 heteroatoms. The van der Waals surface area contributed by atoms with Crippen LogP contribution in [0.15, 0.2) is 42.5 Å². The van der Waals surface area contributed by atoms with E-state index in [0.29, 0.717) is 5.69 Å². The average Bonchev–Trinajstić information content (AvgIpc) is 2.49. The molecule has 0 fully saturated rings. The number of esters is 1. The van der Waals surface area contributed by atoms with Gasteiger partial charge in [-0.25, -0.2) is 9.78 Å². The van der Waals surface area contributed by atoms with Crippen LogP contribution >= 0.6 is 22.6 Å². The van der Waals surface area contributed by atoms with Gasteiger partial charge in [-0.15, -0.1) is 0 Å². The summed E-state index contributed by atoms with van der Waals surface area (Å²) in [6.45, 7) is 3.51. The molecule has 114 valence electrons. The molecule has 0 spiro atoms. The molecule has 2 rings (SSSR count). The summed E-state index contributed by atoms with van der Waals surface area (Å²) in [6.07, 6.45) is -0.238. The maximum atomic E-state index is 12.2. The lowest BCUT2D eigenvalue weighted by Crippen LogP contribution is -2.18. The maximum Gasteiger partial charge on any atom is 0.357 e. The summed E-state index contributed by atoms with van der Waals surface area (Å²) in [7, 11) is 0. The second-order valence-electron chi connectivity index (χ2n) is 4.80. The minimum Gasteiger partial charge on any atom is -0.458 e. The van der Waals surface area contributed by atoms with Crippen LogP contribution < -0.4 is 5.32 Å². The molecule has 1 amide bonds. The van der Waals surface area contributed by atoms with E-state index in [-0.39, 0.29) is 23.4 Å². The number of halogens is 1. The molecule has 5 nitrogen and oxygen atoms in total. The fourth-order valence-electron chi connectivity index (χ4n) is 1.70. The third-order valence-electron chi connectivity index (χ3n) is 2.66.